The third kappa shape index (κ3) is 5.34. The highest BCUT2D eigenvalue weighted by Gasteiger charge is 2.29. The molecule has 1 aromatic carbocycles. The number of nitrogens with one attached hydrogen (secondary N) is 1. The summed E-state index contributed by atoms with van der Waals surface area (Å²) in [5.74, 6) is 1.24. The van der Waals surface area contributed by atoms with Gasteiger partial charge in [0, 0.05) is 17.3 Å². The van der Waals surface area contributed by atoms with E-state index in [1.54, 1.807) is 0 Å². The van der Waals surface area contributed by atoms with Crippen molar-refractivity contribution >= 4 is 11.8 Å². The second-order valence-electron chi connectivity index (χ2n) is 6.16. The predicted octanol–water partition coefficient (Wildman–Crippen LogP) is 5.57. The Morgan fingerprint density at radius 1 is 1.14 bits per heavy atom. The van der Waals surface area contributed by atoms with E-state index in [-0.39, 0.29) is 0 Å². The third-order valence-corrected chi connectivity index (χ3v) is 5.87. The molecule has 0 aromatic heterocycles. The van der Waals surface area contributed by atoms with Gasteiger partial charge in [-0.3, -0.25) is 0 Å². The fourth-order valence-corrected chi connectivity index (χ4v) is 4.63. The minimum atomic E-state index is 0.542. The topological polar surface area (TPSA) is 12.0 Å². The minimum Gasteiger partial charge on any atom is -0.306 e. The summed E-state index contributed by atoms with van der Waals surface area (Å²) in [7, 11) is 0. The molecule has 2 heteroatoms. The van der Waals surface area contributed by atoms with Crippen LogP contribution in [0.1, 0.15) is 70.4 Å². The van der Waals surface area contributed by atoms with Crippen molar-refractivity contribution in [1.82, 2.24) is 5.32 Å². The van der Waals surface area contributed by atoms with Crippen LogP contribution in [0.15, 0.2) is 30.3 Å². The van der Waals surface area contributed by atoms with Crippen LogP contribution in [0.5, 0.6) is 0 Å². The zero-order chi connectivity index (χ0) is 14.9. The highest BCUT2D eigenvalue weighted by Crippen LogP contribution is 2.32. The lowest BCUT2D eigenvalue weighted by Crippen LogP contribution is -2.37. The van der Waals surface area contributed by atoms with E-state index in [1.165, 1.54) is 56.3 Å². The first-order valence-electron chi connectivity index (χ1n) is 8.77. The second-order valence-corrected chi connectivity index (χ2v) is 7.67. The van der Waals surface area contributed by atoms with Crippen molar-refractivity contribution in [2.45, 2.75) is 76.1 Å². The Hall–Kier alpha value is -0.470. The summed E-state index contributed by atoms with van der Waals surface area (Å²) >= 11 is 2.15. The van der Waals surface area contributed by atoms with Gasteiger partial charge in [0.2, 0.25) is 0 Å². The van der Waals surface area contributed by atoms with Gasteiger partial charge in [0.25, 0.3) is 0 Å². The Bertz CT molecular complexity index is 378. The van der Waals surface area contributed by atoms with Crippen LogP contribution in [0.25, 0.3) is 0 Å². The number of rotatable bonds is 9. The molecular formula is C19H31NS. The van der Waals surface area contributed by atoms with Crippen LogP contribution in [0.3, 0.4) is 0 Å². The molecule has 118 valence electrons. The number of thioether (sulfide) groups is 1. The van der Waals surface area contributed by atoms with Gasteiger partial charge in [0.1, 0.15) is 0 Å². The lowest BCUT2D eigenvalue weighted by Gasteiger charge is -2.27. The molecule has 1 saturated carbocycles. The van der Waals surface area contributed by atoms with E-state index >= 15 is 0 Å². The van der Waals surface area contributed by atoms with Gasteiger partial charge in [-0.1, -0.05) is 69.9 Å². The van der Waals surface area contributed by atoms with E-state index in [0.717, 1.165) is 5.25 Å². The zero-order valence-corrected chi connectivity index (χ0v) is 14.5. The average molecular weight is 306 g/mol. The second kappa shape index (κ2) is 9.53. The number of hydrogen-bond acceptors (Lipinski definition) is 2. The fraction of sp³-hybridized carbons (Fsp3) is 0.684. The number of hydrogen-bond donors (Lipinski definition) is 1. The SMILES string of the molecule is CCCCCC(NC1CCCC1SCC)c1ccccc1. The molecular weight excluding hydrogens is 274 g/mol. The molecule has 1 aliphatic rings. The van der Waals surface area contributed by atoms with Gasteiger partial charge in [0.15, 0.2) is 0 Å². The molecule has 1 aromatic rings. The first-order valence-corrected chi connectivity index (χ1v) is 9.82. The van der Waals surface area contributed by atoms with E-state index in [9.17, 15) is 0 Å². The molecule has 1 aliphatic carbocycles. The first kappa shape index (κ1) is 16.9. The van der Waals surface area contributed by atoms with Crippen molar-refractivity contribution in [3.05, 3.63) is 35.9 Å². The summed E-state index contributed by atoms with van der Waals surface area (Å²) in [6.45, 7) is 4.58. The van der Waals surface area contributed by atoms with Crippen LogP contribution in [0.4, 0.5) is 0 Å². The molecule has 0 aliphatic heterocycles. The standard InChI is InChI=1S/C19H31NS/c1-3-5-7-13-17(16-11-8-6-9-12-16)20-18-14-10-15-19(18)21-4-2/h6,8-9,11-12,17-20H,3-5,7,10,13-15H2,1-2H3. The van der Waals surface area contributed by atoms with Crippen LogP contribution in [-0.2, 0) is 0 Å². The molecule has 2 rings (SSSR count). The zero-order valence-electron chi connectivity index (χ0n) is 13.7. The molecule has 0 heterocycles. The van der Waals surface area contributed by atoms with Crippen LogP contribution >= 0.6 is 11.8 Å². The molecule has 1 nitrogen and oxygen atoms in total. The molecule has 0 bridgehead atoms. The number of benzene rings is 1. The molecule has 21 heavy (non-hydrogen) atoms. The largest absolute Gasteiger partial charge is 0.306 e. The lowest BCUT2D eigenvalue weighted by molar-refractivity contribution is 0.412. The Morgan fingerprint density at radius 2 is 1.95 bits per heavy atom. The summed E-state index contributed by atoms with van der Waals surface area (Å²) in [6.07, 6.45) is 9.41. The molecule has 0 amide bonds. The normalized spacial score (nSPS) is 23.3. The van der Waals surface area contributed by atoms with Crippen molar-refractivity contribution in [2.75, 3.05) is 5.75 Å². The quantitative estimate of drug-likeness (QED) is 0.598. The van der Waals surface area contributed by atoms with E-state index < -0.39 is 0 Å². The molecule has 1 fully saturated rings. The van der Waals surface area contributed by atoms with Gasteiger partial charge in [-0.2, -0.15) is 11.8 Å². The van der Waals surface area contributed by atoms with Crippen LogP contribution < -0.4 is 5.32 Å². The Morgan fingerprint density at radius 3 is 2.67 bits per heavy atom. The summed E-state index contributed by atoms with van der Waals surface area (Å²) in [5.41, 5.74) is 1.47. The molecule has 0 saturated heterocycles. The van der Waals surface area contributed by atoms with Crippen LogP contribution in [0.2, 0.25) is 0 Å². The van der Waals surface area contributed by atoms with Gasteiger partial charge in [0.05, 0.1) is 0 Å². The maximum absolute atomic E-state index is 4.01. The minimum absolute atomic E-state index is 0.542. The first-order chi connectivity index (χ1) is 10.3. The van der Waals surface area contributed by atoms with E-state index in [0.29, 0.717) is 12.1 Å². The monoisotopic (exact) mass is 305 g/mol. The maximum Gasteiger partial charge on any atom is 0.0323 e. The predicted molar refractivity (Wildman–Crippen MR) is 96.0 cm³/mol. The Labute approximate surface area is 135 Å². The fourth-order valence-electron chi connectivity index (χ4n) is 3.42. The molecule has 3 atom stereocenters. The highest BCUT2D eigenvalue weighted by atomic mass is 32.2. The van der Waals surface area contributed by atoms with Gasteiger partial charge < -0.3 is 5.32 Å². The van der Waals surface area contributed by atoms with E-state index in [4.69, 9.17) is 0 Å². The third-order valence-electron chi connectivity index (χ3n) is 4.55. The summed E-state index contributed by atoms with van der Waals surface area (Å²) in [6, 6.07) is 12.3. The molecule has 0 radical (unpaired) electrons. The Kier molecular flexibility index (Phi) is 7.66. The van der Waals surface area contributed by atoms with E-state index in [2.05, 4.69) is 61.3 Å². The molecule has 0 spiro atoms. The van der Waals surface area contributed by atoms with Crippen LogP contribution in [-0.4, -0.2) is 17.0 Å². The van der Waals surface area contributed by atoms with Crippen molar-refractivity contribution in [2.24, 2.45) is 0 Å². The number of unbranched alkanes of at least 4 members (excludes halogenated alkanes) is 2. The summed E-state index contributed by atoms with van der Waals surface area (Å²) in [5, 5.41) is 4.83. The van der Waals surface area contributed by atoms with Gasteiger partial charge in [-0.15, -0.1) is 0 Å². The average Bonchev–Trinajstić information content (AvgIpc) is 2.95. The highest BCUT2D eigenvalue weighted by molar-refractivity contribution is 7.99. The van der Waals surface area contributed by atoms with Crippen molar-refractivity contribution in [1.29, 1.82) is 0 Å². The molecule has 1 N–H and O–H groups in total. The lowest BCUT2D eigenvalue weighted by atomic mass is 9.99. The van der Waals surface area contributed by atoms with Gasteiger partial charge in [-0.25, -0.2) is 0 Å². The molecule has 3 unspecified atom stereocenters. The maximum atomic E-state index is 4.01. The van der Waals surface area contributed by atoms with Gasteiger partial charge >= 0.3 is 0 Å². The van der Waals surface area contributed by atoms with Crippen molar-refractivity contribution in [3.8, 4) is 0 Å². The van der Waals surface area contributed by atoms with Gasteiger partial charge in [-0.05, 0) is 30.6 Å². The summed E-state index contributed by atoms with van der Waals surface area (Å²) in [4.78, 5) is 0. The van der Waals surface area contributed by atoms with E-state index in [1.807, 2.05) is 0 Å². The summed E-state index contributed by atoms with van der Waals surface area (Å²) < 4.78 is 0. The smallest absolute Gasteiger partial charge is 0.0323 e. The van der Waals surface area contributed by atoms with Crippen molar-refractivity contribution in [3.63, 3.8) is 0 Å². The van der Waals surface area contributed by atoms with Crippen LogP contribution in [0, 0.1) is 0 Å². The van der Waals surface area contributed by atoms with Crippen molar-refractivity contribution < 1.29 is 0 Å². The Balaban J connectivity index is 1.98.